The van der Waals surface area contributed by atoms with Gasteiger partial charge in [-0.2, -0.15) is 11.8 Å². The van der Waals surface area contributed by atoms with Crippen LogP contribution in [0.2, 0.25) is 0 Å². The molecule has 3 heteroatoms. The molecule has 0 aromatic carbocycles. The lowest BCUT2D eigenvalue weighted by molar-refractivity contribution is 0.339. The van der Waals surface area contributed by atoms with Gasteiger partial charge in [0.2, 0.25) is 0 Å². The first kappa shape index (κ1) is 9.90. The number of nitrogens with zero attached hydrogens (tertiary/aromatic N) is 1. The number of likely N-dealkylation sites (tertiary alicyclic amines) is 1. The van der Waals surface area contributed by atoms with Crippen molar-refractivity contribution in [2.45, 2.75) is 26.2 Å². The molecule has 0 bridgehead atoms. The van der Waals surface area contributed by atoms with Crippen LogP contribution in [0.4, 0.5) is 0 Å². The highest BCUT2D eigenvalue weighted by atomic mass is 32.2. The van der Waals surface area contributed by atoms with E-state index < -0.39 is 0 Å². The zero-order chi connectivity index (χ0) is 8.81. The largest absolute Gasteiger partial charge is 0.360 e. The average molecular weight is 186 g/mol. The van der Waals surface area contributed by atoms with E-state index in [-0.39, 0.29) is 0 Å². The van der Waals surface area contributed by atoms with Crippen molar-refractivity contribution in [1.29, 1.82) is 5.41 Å². The third kappa shape index (κ3) is 3.05. The smallest absolute Gasteiger partial charge is 0.106 e. The molecule has 1 N–H and O–H groups in total. The standard InChI is InChI=1S/C9H18N2S/c1-2-12-8-9(10)11-6-4-3-5-7-11/h10H,2-8H2,1H3. The number of thioether (sulfide) groups is 1. The molecular weight excluding hydrogens is 168 g/mol. The van der Waals surface area contributed by atoms with E-state index >= 15 is 0 Å². The van der Waals surface area contributed by atoms with Crippen LogP contribution in [0.15, 0.2) is 0 Å². The van der Waals surface area contributed by atoms with E-state index in [9.17, 15) is 0 Å². The fraction of sp³-hybridized carbons (Fsp3) is 0.889. The average Bonchev–Trinajstić information content (AvgIpc) is 2.15. The topological polar surface area (TPSA) is 27.1 Å². The van der Waals surface area contributed by atoms with Crippen molar-refractivity contribution < 1.29 is 0 Å². The second-order valence-corrected chi connectivity index (χ2v) is 4.41. The molecule has 70 valence electrons. The van der Waals surface area contributed by atoms with Crippen molar-refractivity contribution in [3.05, 3.63) is 0 Å². The van der Waals surface area contributed by atoms with Crippen LogP contribution in [0.1, 0.15) is 26.2 Å². The fourth-order valence-corrected chi connectivity index (χ4v) is 2.03. The molecule has 12 heavy (non-hydrogen) atoms. The monoisotopic (exact) mass is 186 g/mol. The number of rotatable bonds is 3. The first-order chi connectivity index (χ1) is 5.84. The van der Waals surface area contributed by atoms with Crippen LogP contribution in [-0.4, -0.2) is 35.3 Å². The van der Waals surface area contributed by atoms with Gasteiger partial charge in [-0.05, 0) is 25.0 Å². The maximum absolute atomic E-state index is 7.79. The van der Waals surface area contributed by atoms with Gasteiger partial charge in [-0.15, -0.1) is 0 Å². The third-order valence-electron chi connectivity index (χ3n) is 2.18. The zero-order valence-electron chi connectivity index (χ0n) is 7.81. The Bertz CT molecular complexity index is 141. The van der Waals surface area contributed by atoms with Crippen LogP contribution in [0.5, 0.6) is 0 Å². The van der Waals surface area contributed by atoms with Gasteiger partial charge in [-0.25, -0.2) is 0 Å². The molecule has 0 atom stereocenters. The molecule has 2 nitrogen and oxygen atoms in total. The first-order valence-corrected chi connectivity index (χ1v) is 5.90. The van der Waals surface area contributed by atoms with Gasteiger partial charge in [0.25, 0.3) is 0 Å². The third-order valence-corrected chi connectivity index (χ3v) is 3.07. The molecule has 0 radical (unpaired) electrons. The van der Waals surface area contributed by atoms with Gasteiger partial charge in [-0.3, -0.25) is 5.41 Å². The molecule has 1 rings (SSSR count). The minimum Gasteiger partial charge on any atom is -0.360 e. The summed E-state index contributed by atoms with van der Waals surface area (Å²) < 4.78 is 0. The predicted octanol–water partition coefficient (Wildman–Crippen LogP) is 2.20. The van der Waals surface area contributed by atoms with Crippen LogP contribution in [0.25, 0.3) is 0 Å². The zero-order valence-corrected chi connectivity index (χ0v) is 8.62. The molecule has 0 saturated carbocycles. The summed E-state index contributed by atoms with van der Waals surface area (Å²) in [6.45, 7) is 4.38. The van der Waals surface area contributed by atoms with Crippen molar-refractivity contribution in [2.75, 3.05) is 24.6 Å². The van der Waals surface area contributed by atoms with E-state index in [1.165, 1.54) is 19.3 Å². The van der Waals surface area contributed by atoms with Crippen molar-refractivity contribution in [1.82, 2.24) is 4.90 Å². The van der Waals surface area contributed by atoms with Crippen molar-refractivity contribution >= 4 is 17.6 Å². The van der Waals surface area contributed by atoms with Crippen LogP contribution >= 0.6 is 11.8 Å². The Morgan fingerprint density at radius 1 is 1.33 bits per heavy atom. The minimum atomic E-state index is 0.835. The number of piperidine rings is 1. The molecule has 0 spiro atoms. The minimum absolute atomic E-state index is 0.835. The molecule has 1 saturated heterocycles. The predicted molar refractivity (Wildman–Crippen MR) is 56.1 cm³/mol. The number of nitrogens with one attached hydrogen (secondary N) is 1. The Hall–Kier alpha value is -0.180. The van der Waals surface area contributed by atoms with E-state index in [0.717, 1.165) is 30.4 Å². The maximum Gasteiger partial charge on any atom is 0.106 e. The summed E-state index contributed by atoms with van der Waals surface area (Å²) in [6, 6.07) is 0. The van der Waals surface area contributed by atoms with Crippen molar-refractivity contribution in [2.24, 2.45) is 0 Å². The normalized spacial score (nSPS) is 17.9. The molecule has 0 aliphatic carbocycles. The van der Waals surface area contributed by atoms with Crippen molar-refractivity contribution in [3.8, 4) is 0 Å². The summed E-state index contributed by atoms with van der Waals surface area (Å²) in [5.74, 6) is 2.86. The van der Waals surface area contributed by atoms with Crippen LogP contribution in [0, 0.1) is 5.41 Å². The summed E-state index contributed by atoms with van der Waals surface area (Å²) in [5.41, 5.74) is 0. The molecule has 1 heterocycles. The number of hydrogen-bond donors (Lipinski definition) is 1. The number of amidine groups is 1. The van der Waals surface area contributed by atoms with Gasteiger partial charge in [0.05, 0.1) is 5.75 Å². The van der Waals surface area contributed by atoms with Crippen LogP contribution < -0.4 is 0 Å². The Morgan fingerprint density at radius 3 is 2.58 bits per heavy atom. The van der Waals surface area contributed by atoms with Gasteiger partial charge < -0.3 is 4.90 Å². The second kappa shape index (κ2) is 5.46. The molecule has 0 aromatic heterocycles. The van der Waals surface area contributed by atoms with Gasteiger partial charge >= 0.3 is 0 Å². The summed E-state index contributed by atoms with van der Waals surface area (Å²) >= 11 is 1.84. The Labute approximate surface area is 79.2 Å². The van der Waals surface area contributed by atoms with E-state index in [4.69, 9.17) is 5.41 Å². The summed E-state index contributed by atoms with van der Waals surface area (Å²) in [6.07, 6.45) is 3.91. The fourth-order valence-electron chi connectivity index (χ4n) is 1.45. The van der Waals surface area contributed by atoms with Gasteiger partial charge in [-0.1, -0.05) is 6.92 Å². The SMILES string of the molecule is CCSCC(=N)N1CCCCC1. The molecule has 0 amide bonds. The molecule has 1 aliphatic heterocycles. The Morgan fingerprint density at radius 2 is 2.00 bits per heavy atom. The molecule has 0 unspecified atom stereocenters. The summed E-state index contributed by atoms with van der Waals surface area (Å²) in [4.78, 5) is 2.23. The lowest BCUT2D eigenvalue weighted by Crippen LogP contribution is -2.36. The van der Waals surface area contributed by atoms with Gasteiger partial charge in [0.1, 0.15) is 5.84 Å². The number of hydrogen-bond acceptors (Lipinski definition) is 2. The highest BCUT2D eigenvalue weighted by molar-refractivity contribution is 7.99. The molecule has 1 aliphatic rings. The van der Waals surface area contributed by atoms with Crippen molar-refractivity contribution in [3.63, 3.8) is 0 Å². The first-order valence-electron chi connectivity index (χ1n) is 4.74. The Balaban J connectivity index is 2.20. The lowest BCUT2D eigenvalue weighted by Gasteiger charge is -2.28. The van der Waals surface area contributed by atoms with E-state index in [1.54, 1.807) is 0 Å². The highest BCUT2D eigenvalue weighted by Gasteiger charge is 2.12. The van der Waals surface area contributed by atoms with E-state index in [1.807, 2.05) is 11.8 Å². The Kier molecular flexibility index (Phi) is 4.51. The summed E-state index contributed by atoms with van der Waals surface area (Å²) in [5, 5.41) is 7.79. The maximum atomic E-state index is 7.79. The van der Waals surface area contributed by atoms with Crippen LogP contribution in [0.3, 0.4) is 0 Å². The molecular formula is C9H18N2S. The molecule has 0 aromatic rings. The lowest BCUT2D eigenvalue weighted by atomic mass is 10.1. The van der Waals surface area contributed by atoms with E-state index in [2.05, 4.69) is 11.8 Å². The summed E-state index contributed by atoms with van der Waals surface area (Å²) in [7, 11) is 0. The second-order valence-electron chi connectivity index (χ2n) is 3.13. The van der Waals surface area contributed by atoms with Gasteiger partial charge in [0, 0.05) is 13.1 Å². The molecule has 1 fully saturated rings. The van der Waals surface area contributed by atoms with Gasteiger partial charge in [0.15, 0.2) is 0 Å². The quantitative estimate of drug-likeness (QED) is 0.540. The van der Waals surface area contributed by atoms with E-state index in [0.29, 0.717) is 0 Å². The van der Waals surface area contributed by atoms with Crippen LogP contribution in [-0.2, 0) is 0 Å². The highest BCUT2D eigenvalue weighted by Crippen LogP contribution is 2.10.